The Hall–Kier alpha value is -0.690. The molecule has 1 aliphatic heterocycles. The Kier molecular flexibility index (Phi) is 8.84. The van der Waals surface area contributed by atoms with Crippen LogP contribution in [0.5, 0.6) is 0 Å². The molecule has 124 valence electrons. The molecule has 4 atom stereocenters. The molecular weight excluding hydrogens is 276 g/mol. The smallest absolute Gasteiger partial charge is 0.305 e. The van der Waals surface area contributed by atoms with Gasteiger partial charge < -0.3 is 24.8 Å². The number of carbonyl (C=O) groups is 1. The van der Waals surface area contributed by atoms with Gasteiger partial charge in [0.15, 0.2) is 0 Å². The number of unbranched alkanes of at least 4 members (excludes halogenated alkanes) is 5. The Morgan fingerprint density at radius 3 is 2.52 bits per heavy atom. The van der Waals surface area contributed by atoms with E-state index < -0.39 is 24.4 Å². The highest BCUT2D eigenvalue weighted by molar-refractivity contribution is 5.69. The summed E-state index contributed by atoms with van der Waals surface area (Å²) in [6.45, 7) is 1.92. The van der Waals surface area contributed by atoms with Gasteiger partial charge in [0.1, 0.15) is 31.0 Å². The number of aliphatic hydroxyl groups is 3. The van der Waals surface area contributed by atoms with Crippen LogP contribution in [0.4, 0.5) is 0 Å². The van der Waals surface area contributed by atoms with Crippen molar-refractivity contribution in [1.82, 2.24) is 0 Å². The van der Waals surface area contributed by atoms with Gasteiger partial charge in [-0.05, 0) is 6.42 Å². The first-order chi connectivity index (χ1) is 10.1. The van der Waals surface area contributed by atoms with Gasteiger partial charge in [0.25, 0.3) is 0 Å². The fourth-order valence-electron chi connectivity index (χ4n) is 2.36. The second-order valence-corrected chi connectivity index (χ2v) is 5.62. The van der Waals surface area contributed by atoms with Crippen LogP contribution in [0.3, 0.4) is 0 Å². The van der Waals surface area contributed by atoms with Gasteiger partial charge in [-0.15, -0.1) is 0 Å². The normalized spacial score (nSPS) is 26.8. The third-order valence-corrected chi connectivity index (χ3v) is 3.72. The van der Waals surface area contributed by atoms with Gasteiger partial charge in [-0.25, -0.2) is 0 Å². The molecule has 0 aromatic heterocycles. The molecule has 3 N–H and O–H groups in total. The molecule has 0 aliphatic carbocycles. The van der Waals surface area contributed by atoms with Crippen molar-refractivity contribution in [3.63, 3.8) is 0 Å². The molecule has 0 radical (unpaired) electrons. The van der Waals surface area contributed by atoms with Gasteiger partial charge in [-0.2, -0.15) is 0 Å². The maximum absolute atomic E-state index is 11.5. The average molecular weight is 304 g/mol. The second kappa shape index (κ2) is 10.1. The van der Waals surface area contributed by atoms with Gasteiger partial charge in [-0.1, -0.05) is 39.0 Å². The first-order valence-electron chi connectivity index (χ1n) is 7.87. The molecule has 0 aromatic rings. The van der Waals surface area contributed by atoms with Crippen LogP contribution in [-0.4, -0.2) is 58.9 Å². The van der Waals surface area contributed by atoms with Crippen LogP contribution in [0, 0.1) is 0 Å². The molecule has 6 nitrogen and oxygen atoms in total. The van der Waals surface area contributed by atoms with Gasteiger partial charge >= 0.3 is 5.97 Å². The fourth-order valence-corrected chi connectivity index (χ4v) is 2.36. The molecular formula is C15H28O6. The number of esters is 1. The Balaban J connectivity index is 2.07. The van der Waals surface area contributed by atoms with E-state index in [1.165, 1.54) is 19.3 Å². The predicted octanol–water partition coefficient (Wildman–Crippen LogP) is 0.762. The topological polar surface area (TPSA) is 96.2 Å². The number of hydrogen-bond acceptors (Lipinski definition) is 6. The summed E-state index contributed by atoms with van der Waals surface area (Å²) in [4.78, 5) is 11.5. The van der Waals surface area contributed by atoms with Gasteiger partial charge in [0.2, 0.25) is 0 Å². The van der Waals surface area contributed by atoms with E-state index in [-0.39, 0.29) is 19.2 Å². The first kappa shape index (κ1) is 18.4. The fraction of sp³-hybridized carbons (Fsp3) is 0.933. The summed E-state index contributed by atoms with van der Waals surface area (Å²) in [6, 6.07) is 0. The maximum atomic E-state index is 11.5. The highest BCUT2D eigenvalue weighted by atomic mass is 16.6. The second-order valence-electron chi connectivity index (χ2n) is 5.62. The van der Waals surface area contributed by atoms with Gasteiger partial charge in [-0.3, -0.25) is 4.79 Å². The third-order valence-electron chi connectivity index (χ3n) is 3.72. The van der Waals surface area contributed by atoms with E-state index in [1.807, 2.05) is 0 Å². The standard InChI is InChI=1S/C15H28O6/c1-2-3-4-5-6-7-8-13(18)20-10-12(17)15-14(19)11(16)9-21-15/h11-12,14-17,19H,2-10H2,1H3/t11-,12-,14-,15-/m1/s1. The quantitative estimate of drug-likeness (QED) is 0.407. The van der Waals surface area contributed by atoms with E-state index in [1.54, 1.807) is 0 Å². The zero-order valence-corrected chi connectivity index (χ0v) is 12.7. The van der Waals surface area contributed by atoms with Crippen molar-refractivity contribution < 1.29 is 29.6 Å². The molecule has 0 unspecified atom stereocenters. The van der Waals surface area contributed by atoms with Crippen LogP contribution in [0.1, 0.15) is 51.9 Å². The molecule has 0 amide bonds. The average Bonchev–Trinajstić information content (AvgIpc) is 2.80. The molecule has 1 saturated heterocycles. The van der Waals surface area contributed by atoms with Crippen molar-refractivity contribution in [1.29, 1.82) is 0 Å². The molecule has 1 fully saturated rings. The molecule has 0 saturated carbocycles. The minimum Gasteiger partial charge on any atom is -0.463 e. The first-order valence-corrected chi connectivity index (χ1v) is 7.87. The summed E-state index contributed by atoms with van der Waals surface area (Å²) in [6.07, 6.45) is 2.74. The minimum atomic E-state index is -1.14. The highest BCUT2D eigenvalue weighted by Gasteiger charge is 2.39. The van der Waals surface area contributed by atoms with Crippen LogP contribution < -0.4 is 0 Å². The molecule has 21 heavy (non-hydrogen) atoms. The van der Waals surface area contributed by atoms with E-state index in [2.05, 4.69) is 6.92 Å². The van der Waals surface area contributed by atoms with E-state index in [4.69, 9.17) is 9.47 Å². The SMILES string of the molecule is CCCCCCCCC(=O)OC[C@@H](O)[C@H]1OC[C@@H](O)[C@H]1O. The lowest BCUT2D eigenvalue weighted by atomic mass is 10.1. The maximum Gasteiger partial charge on any atom is 0.305 e. The molecule has 0 spiro atoms. The summed E-state index contributed by atoms with van der Waals surface area (Å²) < 4.78 is 10.0. The molecule has 1 aliphatic rings. The number of ether oxygens (including phenoxy) is 2. The number of aliphatic hydroxyl groups excluding tert-OH is 3. The highest BCUT2D eigenvalue weighted by Crippen LogP contribution is 2.18. The summed E-state index contributed by atoms with van der Waals surface area (Å²) in [5.74, 6) is -0.349. The van der Waals surface area contributed by atoms with Crippen molar-refractivity contribution in [2.75, 3.05) is 13.2 Å². The molecule has 0 bridgehead atoms. The van der Waals surface area contributed by atoms with E-state index in [0.29, 0.717) is 6.42 Å². The van der Waals surface area contributed by atoms with Crippen molar-refractivity contribution in [3.8, 4) is 0 Å². The van der Waals surface area contributed by atoms with Crippen molar-refractivity contribution in [3.05, 3.63) is 0 Å². The van der Waals surface area contributed by atoms with E-state index in [0.717, 1.165) is 19.3 Å². The Labute approximate surface area is 126 Å². The Morgan fingerprint density at radius 2 is 1.90 bits per heavy atom. The van der Waals surface area contributed by atoms with Crippen LogP contribution >= 0.6 is 0 Å². The van der Waals surface area contributed by atoms with Crippen LogP contribution in [0.25, 0.3) is 0 Å². The van der Waals surface area contributed by atoms with Crippen LogP contribution in [0.2, 0.25) is 0 Å². The zero-order valence-electron chi connectivity index (χ0n) is 12.7. The largest absolute Gasteiger partial charge is 0.463 e. The summed E-state index contributed by atoms with van der Waals surface area (Å²) >= 11 is 0. The number of rotatable bonds is 10. The molecule has 1 rings (SSSR count). The van der Waals surface area contributed by atoms with Crippen molar-refractivity contribution in [2.24, 2.45) is 0 Å². The summed E-state index contributed by atoms with van der Waals surface area (Å²) in [7, 11) is 0. The van der Waals surface area contributed by atoms with Crippen molar-refractivity contribution in [2.45, 2.75) is 76.3 Å². The molecule has 1 heterocycles. The Morgan fingerprint density at radius 1 is 1.24 bits per heavy atom. The summed E-state index contributed by atoms with van der Waals surface area (Å²) in [5.41, 5.74) is 0. The van der Waals surface area contributed by atoms with Crippen LogP contribution in [0.15, 0.2) is 0 Å². The number of carbonyl (C=O) groups excluding carboxylic acids is 1. The zero-order chi connectivity index (χ0) is 15.7. The van der Waals surface area contributed by atoms with Crippen LogP contribution in [-0.2, 0) is 14.3 Å². The lowest BCUT2D eigenvalue weighted by Gasteiger charge is -2.20. The van der Waals surface area contributed by atoms with E-state index >= 15 is 0 Å². The predicted molar refractivity (Wildman–Crippen MR) is 76.7 cm³/mol. The lowest BCUT2D eigenvalue weighted by Crippen LogP contribution is -2.41. The lowest BCUT2D eigenvalue weighted by molar-refractivity contribution is -0.151. The summed E-state index contributed by atoms with van der Waals surface area (Å²) in [5, 5.41) is 28.6. The van der Waals surface area contributed by atoms with Crippen molar-refractivity contribution >= 4 is 5.97 Å². The van der Waals surface area contributed by atoms with E-state index in [9.17, 15) is 20.1 Å². The Bertz CT molecular complexity index is 296. The monoisotopic (exact) mass is 304 g/mol. The van der Waals surface area contributed by atoms with Gasteiger partial charge in [0, 0.05) is 6.42 Å². The molecule has 6 heteroatoms. The third kappa shape index (κ3) is 6.74. The number of hydrogen-bond donors (Lipinski definition) is 3. The molecule has 0 aromatic carbocycles. The minimum absolute atomic E-state index is 0.0192. The van der Waals surface area contributed by atoms with Gasteiger partial charge in [0.05, 0.1) is 6.61 Å².